The normalized spacial score (nSPS) is 12.1. The largest absolute Gasteiger partial charge is 0.0590 e. The maximum Gasteiger partial charge on any atom is -0.00134 e. The van der Waals surface area contributed by atoms with Crippen molar-refractivity contribution >= 4 is 0 Å². The van der Waals surface area contributed by atoms with E-state index in [-0.39, 0.29) is 0 Å². The summed E-state index contributed by atoms with van der Waals surface area (Å²) in [6.45, 7) is 4.30. The van der Waals surface area contributed by atoms with E-state index in [4.69, 9.17) is 0 Å². The summed E-state index contributed by atoms with van der Waals surface area (Å²) < 4.78 is 0. The molecular weight excluding hydrogens is 252 g/mol. The van der Waals surface area contributed by atoms with Crippen LogP contribution in [0.2, 0.25) is 0 Å². The average molecular weight is 270 g/mol. The first-order valence-corrected chi connectivity index (χ1v) is 7.50. The number of hydrogen-bond donors (Lipinski definition) is 0. The van der Waals surface area contributed by atoms with Gasteiger partial charge in [-0.2, -0.15) is 0 Å². The number of rotatable bonds is 1. The van der Waals surface area contributed by atoms with Crippen LogP contribution in [0.4, 0.5) is 0 Å². The molecule has 1 aliphatic carbocycles. The minimum atomic E-state index is 1.07. The topological polar surface area (TPSA) is 0 Å². The highest BCUT2D eigenvalue weighted by atomic mass is 14.2. The molecule has 21 heavy (non-hydrogen) atoms. The predicted octanol–water partition coefficient (Wildman–Crippen LogP) is 5.54. The van der Waals surface area contributed by atoms with E-state index in [0.29, 0.717) is 0 Å². The van der Waals surface area contributed by atoms with Gasteiger partial charge in [-0.15, -0.1) is 0 Å². The lowest BCUT2D eigenvalue weighted by Crippen LogP contribution is -1.83. The lowest BCUT2D eigenvalue weighted by molar-refractivity contribution is 1.26. The Morgan fingerprint density at radius 2 is 1.14 bits per heavy atom. The fourth-order valence-corrected chi connectivity index (χ4v) is 3.21. The third-order valence-corrected chi connectivity index (χ3v) is 4.43. The maximum absolute atomic E-state index is 2.35. The molecule has 0 radical (unpaired) electrons. The van der Waals surface area contributed by atoms with E-state index in [1.54, 1.807) is 0 Å². The lowest BCUT2D eigenvalue weighted by atomic mass is 9.97. The molecule has 0 saturated heterocycles. The summed E-state index contributed by atoms with van der Waals surface area (Å²) >= 11 is 0. The summed E-state index contributed by atoms with van der Waals surface area (Å²) in [6, 6.07) is 22.5. The molecule has 3 aromatic carbocycles. The molecule has 102 valence electrons. The van der Waals surface area contributed by atoms with Crippen molar-refractivity contribution in [2.24, 2.45) is 0 Å². The molecule has 4 rings (SSSR count). The fraction of sp³-hybridized carbons (Fsp3) is 0.143. The Balaban J connectivity index is 1.85. The molecule has 0 saturated carbocycles. The van der Waals surface area contributed by atoms with E-state index in [1.165, 1.54) is 44.5 Å². The highest BCUT2D eigenvalue weighted by Gasteiger charge is 2.18. The third kappa shape index (κ3) is 2.08. The van der Waals surface area contributed by atoms with Crippen LogP contribution in [-0.4, -0.2) is 0 Å². The summed E-state index contributed by atoms with van der Waals surface area (Å²) in [5, 5.41) is 0. The van der Waals surface area contributed by atoms with E-state index < -0.39 is 0 Å². The zero-order valence-electron chi connectivity index (χ0n) is 12.5. The fourth-order valence-electron chi connectivity index (χ4n) is 3.21. The van der Waals surface area contributed by atoms with Gasteiger partial charge in [0.05, 0.1) is 0 Å². The van der Waals surface area contributed by atoms with Gasteiger partial charge in [-0.1, -0.05) is 65.7 Å². The molecular formula is C21H18. The highest BCUT2D eigenvalue weighted by Crippen LogP contribution is 2.39. The molecule has 0 nitrogen and oxygen atoms in total. The summed E-state index contributed by atoms with van der Waals surface area (Å²) in [5.74, 6) is 0. The van der Waals surface area contributed by atoms with E-state index in [9.17, 15) is 0 Å². The second kappa shape index (κ2) is 4.60. The zero-order chi connectivity index (χ0) is 14.4. The molecule has 0 heteroatoms. The van der Waals surface area contributed by atoms with Crippen LogP contribution in [0.3, 0.4) is 0 Å². The first-order chi connectivity index (χ1) is 10.2. The highest BCUT2D eigenvalue weighted by molar-refractivity contribution is 5.81. The van der Waals surface area contributed by atoms with Crippen molar-refractivity contribution < 1.29 is 0 Å². The van der Waals surface area contributed by atoms with Gasteiger partial charge in [-0.25, -0.2) is 0 Å². The van der Waals surface area contributed by atoms with Gasteiger partial charge >= 0.3 is 0 Å². The van der Waals surface area contributed by atoms with Crippen LogP contribution in [0.15, 0.2) is 60.7 Å². The molecule has 0 atom stereocenters. The first kappa shape index (κ1) is 12.4. The number of fused-ring (bicyclic) bond motifs is 3. The van der Waals surface area contributed by atoms with Crippen LogP contribution < -0.4 is 0 Å². The van der Waals surface area contributed by atoms with Crippen LogP contribution >= 0.6 is 0 Å². The van der Waals surface area contributed by atoms with Gasteiger partial charge < -0.3 is 0 Å². The Hall–Kier alpha value is -2.34. The number of benzene rings is 3. The standard InChI is InChI=1S/C21H18/c1-14-3-6-16(7-4-14)17-9-10-19-12-18-8-5-15(2)11-20(18)21(19)13-17/h3-11,13H,12H2,1-2H3. The molecule has 0 fully saturated rings. The molecule has 0 spiro atoms. The molecule has 3 aromatic rings. The van der Waals surface area contributed by atoms with Crippen molar-refractivity contribution in [2.75, 3.05) is 0 Å². The van der Waals surface area contributed by atoms with E-state index in [0.717, 1.165) is 6.42 Å². The van der Waals surface area contributed by atoms with Gasteiger partial charge in [0.25, 0.3) is 0 Å². The minimum Gasteiger partial charge on any atom is -0.0590 e. The van der Waals surface area contributed by atoms with Crippen LogP contribution in [0.1, 0.15) is 22.3 Å². The van der Waals surface area contributed by atoms with Crippen molar-refractivity contribution in [1.82, 2.24) is 0 Å². The Labute approximate surface area is 126 Å². The Kier molecular flexibility index (Phi) is 2.71. The molecule has 0 bridgehead atoms. The van der Waals surface area contributed by atoms with Gasteiger partial charge in [0.15, 0.2) is 0 Å². The van der Waals surface area contributed by atoms with Gasteiger partial charge in [0.1, 0.15) is 0 Å². The van der Waals surface area contributed by atoms with E-state index in [2.05, 4.69) is 74.5 Å². The molecule has 0 aromatic heterocycles. The molecule has 0 amide bonds. The maximum atomic E-state index is 2.35. The smallest absolute Gasteiger partial charge is 0.00134 e. The zero-order valence-corrected chi connectivity index (χ0v) is 12.5. The lowest BCUT2D eigenvalue weighted by Gasteiger charge is -2.07. The number of hydrogen-bond acceptors (Lipinski definition) is 0. The molecule has 0 N–H and O–H groups in total. The number of aryl methyl sites for hydroxylation is 2. The van der Waals surface area contributed by atoms with Gasteiger partial charge in [0, 0.05) is 0 Å². The summed E-state index contributed by atoms with van der Waals surface area (Å²) in [6.07, 6.45) is 1.07. The quantitative estimate of drug-likeness (QED) is 0.426. The Morgan fingerprint density at radius 1 is 0.571 bits per heavy atom. The third-order valence-electron chi connectivity index (χ3n) is 4.43. The summed E-state index contributed by atoms with van der Waals surface area (Å²) in [4.78, 5) is 0. The second-order valence-corrected chi connectivity index (χ2v) is 6.08. The SMILES string of the molecule is Cc1ccc(-c2ccc3c(c2)-c2cc(C)ccc2C3)cc1. The van der Waals surface area contributed by atoms with Crippen molar-refractivity contribution in [3.63, 3.8) is 0 Å². The monoisotopic (exact) mass is 270 g/mol. The summed E-state index contributed by atoms with van der Waals surface area (Å²) in [7, 11) is 0. The minimum absolute atomic E-state index is 1.07. The van der Waals surface area contributed by atoms with Gasteiger partial charge in [-0.3, -0.25) is 0 Å². The van der Waals surface area contributed by atoms with Crippen molar-refractivity contribution in [1.29, 1.82) is 0 Å². The van der Waals surface area contributed by atoms with E-state index in [1.807, 2.05) is 0 Å². The van der Waals surface area contributed by atoms with Crippen LogP contribution in [0, 0.1) is 13.8 Å². The predicted molar refractivity (Wildman–Crippen MR) is 89.6 cm³/mol. The molecule has 0 unspecified atom stereocenters. The van der Waals surface area contributed by atoms with E-state index >= 15 is 0 Å². The van der Waals surface area contributed by atoms with Gasteiger partial charge in [0.2, 0.25) is 0 Å². The van der Waals surface area contributed by atoms with Gasteiger partial charge in [-0.05, 0) is 59.7 Å². The van der Waals surface area contributed by atoms with Crippen molar-refractivity contribution in [3.8, 4) is 22.3 Å². The molecule has 0 heterocycles. The summed E-state index contributed by atoms with van der Waals surface area (Å²) in [5.41, 5.74) is 11.0. The Morgan fingerprint density at radius 3 is 1.90 bits per heavy atom. The van der Waals surface area contributed by atoms with Crippen LogP contribution in [0.5, 0.6) is 0 Å². The van der Waals surface area contributed by atoms with Crippen LogP contribution in [-0.2, 0) is 6.42 Å². The Bertz CT molecular complexity index is 823. The van der Waals surface area contributed by atoms with Crippen molar-refractivity contribution in [3.05, 3.63) is 82.9 Å². The molecule has 1 aliphatic rings. The van der Waals surface area contributed by atoms with Crippen LogP contribution in [0.25, 0.3) is 22.3 Å². The average Bonchev–Trinajstić information content (AvgIpc) is 2.85. The van der Waals surface area contributed by atoms with Crippen molar-refractivity contribution in [2.45, 2.75) is 20.3 Å². The first-order valence-electron chi connectivity index (χ1n) is 7.50. The second-order valence-electron chi connectivity index (χ2n) is 6.08. The molecule has 0 aliphatic heterocycles.